The van der Waals surface area contributed by atoms with Gasteiger partial charge in [-0.3, -0.25) is 0 Å². The Kier molecular flexibility index (Phi) is 5.66. The van der Waals surface area contributed by atoms with Gasteiger partial charge in [-0.1, -0.05) is 18.8 Å². The van der Waals surface area contributed by atoms with Gasteiger partial charge in [-0.25, -0.2) is 0 Å². The molecular formula is C12H22N2. The summed E-state index contributed by atoms with van der Waals surface area (Å²) in [5.74, 6) is 2.62. The minimum atomic E-state index is 0.529. The highest BCUT2D eigenvalue weighted by Crippen LogP contribution is 2.12. The van der Waals surface area contributed by atoms with Crippen molar-refractivity contribution in [1.29, 1.82) is 0 Å². The van der Waals surface area contributed by atoms with Gasteiger partial charge in [0.25, 0.3) is 0 Å². The molecule has 1 aliphatic heterocycles. The quantitative estimate of drug-likeness (QED) is 0.663. The van der Waals surface area contributed by atoms with Gasteiger partial charge in [0.1, 0.15) is 0 Å². The summed E-state index contributed by atoms with van der Waals surface area (Å²) in [4.78, 5) is 0. The highest BCUT2D eigenvalue weighted by Gasteiger charge is 2.13. The summed E-state index contributed by atoms with van der Waals surface area (Å²) >= 11 is 0. The van der Waals surface area contributed by atoms with E-state index in [1.807, 2.05) is 0 Å². The van der Waals surface area contributed by atoms with Crippen LogP contribution in [0.3, 0.4) is 0 Å². The van der Waals surface area contributed by atoms with E-state index in [1.54, 1.807) is 0 Å². The van der Waals surface area contributed by atoms with Crippen LogP contribution in [0.1, 0.15) is 39.0 Å². The van der Waals surface area contributed by atoms with Crippen molar-refractivity contribution in [3.63, 3.8) is 0 Å². The summed E-state index contributed by atoms with van der Waals surface area (Å²) in [6.07, 6.45) is 11.8. The summed E-state index contributed by atoms with van der Waals surface area (Å²) in [5, 5.41) is 6.92. The van der Waals surface area contributed by atoms with Gasteiger partial charge in [0, 0.05) is 12.1 Å². The predicted octanol–water partition coefficient (Wildman–Crippen LogP) is 1.52. The van der Waals surface area contributed by atoms with Crippen molar-refractivity contribution in [2.24, 2.45) is 0 Å². The van der Waals surface area contributed by atoms with Crippen molar-refractivity contribution in [3.05, 3.63) is 0 Å². The number of nitrogens with one attached hydrogen (secondary N) is 2. The third-order valence-electron chi connectivity index (χ3n) is 2.85. The SMILES string of the molecule is C#CCNC(C)CC1CCCCCN1. The van der Waals surface area contributed by atoms with Crippen molar-refractivity contribution in [1.82, 2.24) is 10.6 Å². The van der Waals surface area contributed by atoms with Gasteiger partial charge < -0.3 is 10.6 Å². The van der Waals surface area contributed by atoms with Crippen LogP contribution in [0.25, 0.3) is 0 Å². The van der Waals surface area contributed by atoms with Crippen molar-refractivity contribution in [3.8, 4) is 12.3 Å². The molecule has 0 saturated carbocycles. The molecule has 0 amide bonds. The van der Waals surface area contributed by atoms with E-state index in [1.165, 1.54) is 38.6 Å². The Morgan fingerprint density at radius 1 is 1.50 bits per heavy atom. The van der Waals surface area contributed by atoms with E-state index in [4.69, 9.17) is 6.42 Å². The monoisotopic (exact) mass is 194 g/mol. The first-order valence-corrected chi connectivity index (χ1v) is 5.73. The zero-order valence-electron chi connectivity index (χ0n) is 9.18. The summed E-state index contributed by atoms with van der Waals surface area (Å²) < 4.78 is 0. The van der Waals surface area contributed by atoms with Gasteiger partial charge in [0.2, 0.25) is 0 Å². The van der Waals surface area contributed by atoms with Crippen LogP contribution in [-0.2, 0) is 0 Å². The average Bonchev–Trinajstić information content (AvgIpc) is 2.43. The first-order valence-electron chi connectivity index (χ1n) is 5.73. The molecule has 80 valence electrons. The van der Waals surface area contributed by atoms with Gasteiger partial charge in [0.05, 0.1) is 6.54 Å². The third-order valence-corrected chi connectivity index (χ3v) is 2.85. The first-order chi connectivity index (χ1) is 6.83. The highest BCUT2D eigenvalue weighted by atomic mass is 14.9. The Morgan fingerprint density at radius 3 is 3.14 bits per heavy atom. The molecule has 1 saturated heterocycles. The van der Waals surface area contributed by atoms with Crippen molar-refractivity contribution < 1.29 is 0 Å². The standard InChI is InChI=1S/C12H22N2/c1-3-8-13-11(2)10-12-7-5-4-6-9-14-12/h1,11-14H,4-10H2,2H3. The predicted molar refractivity (Wildman–Crippen MR) is 61.2 cm³/mol. The molecule has 0 spiro atoms. The van der Waals surface area contributed by atoms with Crippen LogP contribution < -0.4 is 10.6 Å². The summed E-state index contributed by atoms with van der Waals surface area (Å²) in [6.45, 7) is 4.09. The van der Waals surface area contributed by atoms with Gasteiger partial charge in [-0.05, 0) is 32.7 Å². The van der Waals surface area contributed by atoms with E-state index < -0.39 is 0 Å². The van der Waals surface area contributed by atoms with E-state index in [0.717, 1.165) is 0 Å². The molecule has 1 aliphatic rings. The Morgan fingerprint density at radius 2 is 2.36 bits per heavy atom. The van der Waals surface area contributed by atoms with E-state index in [9.17, 15) is 0 Å². The summed E-state index contributed by atoms with van der Waals surface area (Å²) in [5.41, 5.74) is 0. The maximum Gasteiger partial charge on any atom is 0.0575 e. The Labute approximate surface area is 87.8 Å². The van der Waals surface area contributed by atoms with Crippen LogP contribution in [0.5, 0.6) is 0 Å². The second kappa shape index (κ2) is 6.86. The fourth-order valence-electron chi connectivity index (χ4n) is 2.05. The molecule has 1 heterocycles. The fraction of sp³-hybridized carbons (Fsp3) is 0.833. The lowest BCUT2D eigenvalue weighted by atomic mass is 10.0. The van der Waals surface area contributed by atoms with Crippen LogP contribution >= 0.6 is 0 Å². The number of hydrogen-bond donors (Lipinski definition) is 2. The largest absolute Gasteiger partial charge is 0.314 e. The number of rotatable bonds is 4. The molecule has 14 heavy (non-hydrogen) atoms. The third kappa shape index (κ3) is 4.64. The molecule has 2 nitrogen and oxygen atoms in total. The smallest absolute Gasteiger partial charge is 0.0575 e. The lowest BCUT2D eigenvalue weighted by molar-refractivity contribution is 0.413. The maximum atomic E-state index is 5.21. The highest BCUT2D eigenvalue weighted by molar-refractivity contribution is 4.88. The molecule has 2 heteroatoms. The second-order valence-electron chi connectivity index (χ2n) is 4.22. The minimum Gasteiger partial charge on any atom is -0.314 e. The minimum absolute atomic E-state index is 0.529. The van der Waals surface area contributed by atoms with E-state index in [-0.39, 0.29) is 0 Å². The Balaban J connectivity index is 2.17. The molecule has 2 unspecified atom stereocenters. The maximum absolute atomic E-state index is 5.21. The van der Waals surface area contributed by atoms with Crippen LogP contribution in [0.2, 0.25) is 0 Å². The molecule has 2 atom stereocenters. The molecule has 0 radical (unpaired) electrons. The Hall–Kier alpha value is -0.520. The van der Waals surface area contributed by atoms with Crippen molar-refractivity contribution >= 4 is 0 Å². The van der Waals surface area contributed by atoms with Gasteiger partial charge in [-0.2, -0.15) is 0 Å². The number of hydrogen-bond acceptors (Lipinski definition) is 2. The zero-order valence-corrected chi connectivity index (χ0v) is 9.18. The topological polar surface area (TPSA) is 24.1 Å². The van der Waals surface area contributed by atoms with E-state index >= 15 is 0 Å². The van der Waals surface area contributed by atoms with Crippen molar-refractivity contribution in [2.45, 2.75) is 51.1 Å². The average molecular weight is 194 g/mol. The molecule has 0 bridgehead atoms. The zero-order chi connectivity index (χ0) is 10.2. The molecular weight excluding hydrogens is 172 g/mol. The van der Waals surface area contributed by atoms with Crippen LogP contribution in [0.4, 0.5) is 0 Å². The molecule has 2 N–H and O–H groups in total. The summed E-state index contributed by atoms with van der Waals surface area (Å²) in [6, 6.07) is 1.22. The molecule has 0 aromatic carbocycles. The molecule has 0 aromatic rings. The molecule has 0 aliphatic carbocycles. The molecule has 1 fully saturated rings. The van der Waals surface area contributed by atoms with E-state index in [0.29, 0.717) is 18.6 Å². The number of terminal acetylenes is 1. The lowest BCUT2D eigenvalue weighted by Gasteiger charge is -2.20. The van der Waals surface area contributed by atoms with E-state index in [2.05, 4.69) is 23.5 Å². The van der Waals surface area contributed by atoms with Gasteiger partial charge in [-0.15, -0.1) is 6.42 Å². The molecule has 1 rings (SSSR count). The van der Waals surface area contributed by atoms with Crippen molar-refractivity contribution in [2.75, 3.05) is 13.1 Å². The fourth-order valence-corrected chi connectivity index (χ4v) is 2.05. The lowest BCUT2D eigenvalue weighted by Crippen LogP contribution is -2.36. The van der Waals surface area contributed by atoms with Gasteiger partial charge in [0.15, 0.2) is 0 Å². The Bertz CT molecular complexity index is 175. The summed E-state index contributed by atoms with van der Waals surface area (Å²) in [7, 11) is 0. The van der Waals surface area contributed by atoms with Crippen LogP contribution in [0.15, 0.2) is 0 Å². The molecule has 0 aromatic heterocycles. The first kappa shape index (κ1) is 11.6. The second-order valence-corrected chi connectivity index (χ2v) is 4.22. The normalized spacial score (nSPS) is 25.0. The van der Waals surface area contributed by atoms with Crippen LogP contribution in [-0.4, -0.2) is 25.2 Å². The van der Waals surface area contributed by atoms with Gasteiger partial charge >= 0.3 is 0 Å². The van der Waals surface area contributed by atoms with Crippen LogP contribution in [0, 0.1) is 12.3 Å².